The number of nitrogens with zero attached hydrogens (tertiary/aromatic N) is 1. The van der Waals surface area contributed by atoms with E-state index in [-0.39, 0.29) is 17.6 Å². The summed E-state index contributed by atoms with van der Waals surface area (Å²) in [6.45, 7) is 11.4. The second kappa shape index (κ2) is 8.36. The highest BCUT2D eigenvalue weighted by molar-refractivity contribution is 5.74. The van der Waals surface area contributed by atoms with Gasteiger partial charge in [-0.1, -0.05) is 40.5 Å². The van der Waals surface area contributed by atoms with E-state index in [1.54, 1.807) is 0 Å². The molecule has 134 valence electrons. The summed E-state index contributed by atoms with van der Waals surface area (Å²) < 4.78 is 6.03. The van der Waals surface area contributed by atoms with Crippen molar-refractivity contribution in [2.45, 2.75) is 84.8 Å². The first-order valence-electron chi connectivity index (χ1n) is 9.59. The van der Waals surface area contributed by atoms with Gasteiger partial charge in [0.1, 0.15) is 0 Å². The third kappa shape index (κ3) is 5.10. The molecule has 0 aliphatic carbocycles. The summed E-state index contributed by atoms with van der Waals surface area (Å²) >= 11 is 0. The molecule has 2 aliphatic rings. The van der Waals surface area contributed by atoms with E-state index >= 15 is 0 Å². The Balaban J connectivity index is 1.91. The van der Waals surface area contributed by atoms with Crippen molar-refractivity contribution in [2.24, 2.45) is 11.3 Å². The summed E-state index contributed by atoms with van der Waals surface area (Å²) in [4.78, 5) is 14.8. The van der Waals surface area contributed by atoms with Gasteiger partial charge in [0.2, 0.25) is 0 Å². The summed E-state index contributed by atoms with van der Waals surface area (Å²) in [6, 6.07) is 0.551. The highest BCUT2D eigenvalue weighted by Gasteiger charge is 2.36. The monoisotopic (exact) mass is 324 g/mol. The zero-order valence-electron chi connectivity index (χ0n) is 15.6. The zero-order valence-corrected chi connectivity index (χ0v) is 15.6. The van der Waals surface area contributed by atoms with E-state index in [0.29, 0.717) is 12.0 Å². The van der Waals surface area contributed by atoms with Crippen LogP contribution in [0.1, 0.15) is 72.6 Å². The molecule has 2 rings (SSSR count). The number of nitrogens with one attached hydrogen (secondary N) is 1. The second-order valence-corrected chi connectivity index (χ2v) is 8.35. The third-order valence-corrected chi connectivity index (χ3v) is 5.42. The predicted molar refractivity (Wildman–Crippen MR) is 94.6 cm³/mol. The standard InChI is InChI=1S/C19H36N2O2/c1-5-16-11-7-6-8-12-21(16)18(22)20-14-15-10-9-13-23-17(15)19(2,3)4/h15-17H,5-14H2,1-4H3,(H,20,22)/t15-,16-,17-/m1/s1. The smallest absolute Gasteiger partial charge is 0.317 e. The van der Waals surface area contributed by atoms with E-state index in [4.69, 9.17) is 4.74 Å². The molecule has 0 spiro atoms. The topological polar surface area (TPSA) is 41.6 Å². The fourth-order valence-corrected chi connectivity index (χ4v) is 4.20. The fraction of sp³-hybridized carbons (Fsp3) is 0.947. The molecule has 0 aromatic rings. The molecule has 3 atom stereocenters. The zero-order chi connectivity index (χ0) is 16.9. The Hall–Kier alpha value is -0.770. The Kier molecular flexibility index (Phi) is 6.75. The normalized spacial score (nSPS) is 29.9. The van der Waals surface area contributed by atoms with Crippen LogP contribution in [0.4, 0.5) is 4.79 Å². The Morgan fingerprint density at radius 3 is 2.65 bits per heavy atom. The Labute approximate surface area is 142 Å². The molecule has 0 aromatic carbocycles. The van der Waals surface area contributed by atoms with Crippen molar-refractivity contribution >= 4 is 6.03 Å². The number of amides is 2. The largest absolute Gasteiger partial charge is 0.377 e. The fourth-order valence-electron chi connectivity index (χ4n) is 4.20. The number of hydrogen-bond donors (Lipinski definition) is 1. The molecule has 4 heteroatoms. The van der Waals surface area contributed by atoms with Crippen LogP contribution in [-0.2, 0) is 4.74 Å². The minimum Gasteiger partial charge on any atom is -0.377 e. The van der Waals surface area contributed by atoms with Gasteiger partial charge in [-0.15, -0.1) is 0 Å². The van der Waals surface area contributed by atoms with Crippen molar-refractivity contribution in [3.63, 3.8) is 0 Å². The van der Waals surface area contributed by atoms with Crippen molar-refractivity contribution in [2.75, 3.05) is 19.7 Å². The van der Waals surface area contributed by atoms with E-state index in [2.05, 4.69) is 37.9 Å². The van der Waals surface area contributed by atoms with Crippen LogP contribution in [0.3, 0.4) is 0 Å². The maximum absolute atomic E-state index is 12.7. The van der Waals surface area contributed by atoms with Crippen LogP contribution in [0, 0.1) is 11.3 Å². The van der Waals surface area contributed by atoms with E-state index < -0.39 is 0 Å². The molecule has 2 fully saturated rings. The molecule has 4 nitrogen and oxygen atoms in total. The quantitative estimate of drug-likeness (QED) is 0.845. The first-order valence-corrected chi connectivity index (χ1v) is 9.59. The van der Waals surface area contributed by atoms with Crippen LogP contribution in [0.25, 0.3) is 0 Å². The molecule has 2 heterocycles. The SMILES string of the molecule is CC[C@@H]1CCCCCN1C(=O)NC[C@H]1CCCO[C@H]1C(C)(C)C. The Bertz CT molecular complexity index is 378. The molecule has 0 radical (unpaired) electrons. The van der Waals surface area contributed by atoms with Gasteiger partial charge in [0, 0.05) is 31.7 Å². The molecule has 0 unspecified atom stereocenters. The molecular formula is C19H36N2O2. The molecular weight excluding hydrogens is 288 g/mol. The number of hydrogen-bond acceptors (Lipinski definition) is 2. The minimum absolute atomic E-state index is 0.129. The van der Waals surface area contributed by atoms with E-state index in [1.807, 2.05) is 0 Å². The molecule has 0 aromatic heterocycles. The highest BCUT2D eigenvalue weighted by atomic mass is 16.5. The number of ether oxygens (including phenoxy) is 1. The van der Waals surface area contributed by atoms with Gasteiger partial charge in [0.15, 0.2) is 0 Å². The number of carbonyl (C=O) groups excluding carboxylic acids is 1. The predicted octanol–water partition coefficient (Wildman–Crippen LogP) is 4.19. The number of likely N-dealkylation sites (tertiary alicyclic amines) is 1. The van der Waals surface area contributed by atoms with Gasteiger partial charge in [0.25, 0.3) is 0 Å². The number of rotatable bonds is 3. The maximum Gasteiger partial charge on any atom is 0.317 e. The number of carbonyl (C=O) groups is 1. The van der Waals surface area contributed by atoms with Gasteiger partial charge in [0.05, 0.1) is 6.10 Å². The van der Waals surface area contributed by atoms with Crippen molar-refractivity contribution in [1.29, 1.82) is 0 Å². The van der Waals surface area contributed by atoms with Crippen molar-refractivity contribution in [3.05, 3.63) is 0 Å². The van der Waals surface area contributed by atoms with Gasteiger partial charge in [-0.25, -0.2) is 4.79 Å². The van der Waals surface area contributed by atoms with Crippen LogP contribution in [0.15, 0.2) is 0 Å². The van der Waals surface area contributed by atoms with Crippen LogP contribution in [0.2, 0.25) is 0 Å². The second-order valence-electron chi connectivity index (χ2n) is 8.35. The lowest BCUT2D eigenvalue weighted by molar-refractivity contribution is -0.0839. The van der Waals surface area contributed by atoms with Gasteiger partial charge >= 0.3 is 6.03 Å². The summed E-state index contributed by atoms with van der Waals surface area (Å²) in [6.07, 6.45) is 8.36. The molecule has 0 saturated carbocycles. The van der Waals surface area contributed by atoms with Crippen molar-refractivity contribution < 1.29 is 9.53 Å². The van der Waals surface area contributed by atoms with Crippen molar-refractivity contribution in [1.82, 2.24) is 10.2 Å². The van der Waals surface area contributed by atoms with Gasteiger partial charge in [-0.3, -0.25) is 0 Å². The summed E-state index contributed by atoms with van der Waals surface area (Å²) in [7, 11) is 0. The molecule has 2 saturated heterocycles. The molecule has 1 N–H and O–H groups in total. The molecule has 2 amide bonds. The lowest BCUT2D eigenvalue weighted by Gasteiger charge is -2.40. The van der Waals surface area contributed by atoms with Crippen LogP contribution >= 0.6 is 0 Å². The lowest BCUT2D eigenvalue weighted by atomic mass is 9.78. The maximum atomic E-state index is 12.7. The minimum atomic E-state index is 0.129. The average Bonchev–Trinajstić information content (AvgIpc) is 2.77. The van der Waals surface area contributed by atoms with Gasteiger partial charge < -0.3 is 15.0 Å². The van der Waals surface area contributed by atoms with Crippen LogP contribution < -0.4 is 5.32 Å². The Morgan fingerprint density at radius 2 is 1.96 bits per heavy atom. The van der Waals surface area contributed by atoms with E-state index in [9.17, 15) is 4.79 Å². The average molecular weight is 325 g/mol. The third-order valence-electron chi connectivity index (χ3n) is 5.42. The first-order chi connectivity index (χ1) is 10.9. The highest BCUT2D eigenvalue weighted by Crippen LogP contribution is 2.33. The van der Waals surface area contributed by atoms with Gasteiger partial charge in [-0.2, -0.15) is 0 Å². The number of urea groups is 1. The first kappa shape index (κ1) is 18.6. The summed E-state index contributed by atoms with van der Waals surface area (Å²) in [5.74, 6) is 0.430. The molecule has 2 aliphatic heterocycles. The molecule has 0 bridgehead atoms. The lowest BCUT2D eigenvalue weighted by Crippen LogP contribution is -2.50. The molecule has 23 heavy (non-hydrogen) atoms. The van der Waals surface area contributed by atoms with Gasteiger partial charge in [-0.05, 0) is 37.5 Å². The van der Waals surface area contributed by atoms with Crippen LogP contribution in [-0.4, -0.2) is 42.8 Å². The Morgan fingerprint density at radius 1 is 1.17 bits per heavy atom. The summed E-state index contributed by atoms with van der Waals surface area (Å²) in [5.41, 5.74) is 0.129. The summed E-state index contributed by atoms with van der Waals surface area (Å²) in [5, 5.41) is 3.22. The van der Waals surface area contributed by atoms with E-state index in [1.165, 1.54) is 12.8 Å². The van der Waals surface area contributed by atoms with E-state index in [0.717, 1.165) is 51.8 Å². The van der Waals surface area contributed by atoms with Crippen molar-refractivity contribution in [3.8, 4) is 0 Å². The van der Waals surface area contributed by atoms with Crippen LogP contribution in [0.5, 0.6) is 0 Å².